The number of amides is 4. The number of aryl methyl sites for hydroxylation is 2. The Morgan fingerprint density at radius 1 is 1.14 bits per heavy atom. The molecule has 1 aromatic carbocycles. The Bertz CT molecular complexity index is 993. The number of alkyl carbamates (subject to hydrolysis) is 1. The molecule has 9 heteroatoms. The van der Waals surface area contributed by atoms with E-state index in [0.29, 0.717) is 5.56 Å². The van der Waals surface area contributed by atoms with Gasteiger partial charge in [-0.3, -0.25) is 19.3 Å². The Morgan fingerprint density at radius 3 is 2.28 bits per heavy atom. The second-order valence-electron chi connectivity index (χ2n) is 10.0. The average Bonchev–Trinajstić information content (AvgIpc) is 2.73. The highest BCUT2D eigenvalue weighted by Gasteiger charge is 2.37. The van der Waals surface area contributed by atoms with E-state index >= 15 is 0 Å². The lowest BCUT2D eigenvalue weighted by Crippen LogP contribution is -2.52. The minimum atomic E-state index is -1.24. The molecule has 0 radical (unpaired) electrons. The zero-order valence-corrected chi connectivity index (χ0v) is 22.4. The zero-order chi connectivity index (χ0) is 27.6. The lowest BCUT2D eigenvalue weighted by molar-refractivity contribution is -0.139. The number of hydrogen-bond acceptors (Lipinski definition) is 5. The molecule has 0 aromatic heterocycles. The minimum Gasteiger partial charge on any atom is -0.444 e. The quantitative estimate of drug-likeness (QED) is 0.317. The fraction of sp³-hybridized carbons (Fsp3) is 0.556. The molecule has 1 aromatic rings. The minimum absolute atomic E-state index is 0.112. The van der Waals surface area contributed by atoms with E-state index in [9.17, 15) is 19.2 Å². The van der Waals surface area contributed by atoms with Crippen LogP contribution in [0.5, 0.6) is 0 Å². The van der Waals surface area contributed by atoms with Crippen molar-refractivity contribution < 1.29 is 23.9 Å². The van der Waals surface area contributed by atoms with Gasteiger partial charge in [-0.2, -0.15) is 0 Å². The van der Waals surface area contributed by atoms with Gasteiger partial charge < -0.3 is 21.1 Å². The molecule has 0 aliphatic heterocycles. The predicted molar refractivity (Wildman–Crippen MR) is 138 cm³/mol. The number of nitrogens with two attached hydrogens (primary N) is 1. The highest BCUT2D eigenvalue weighted by Crippen LogP contribution is 2.26. The predicted octanol–water partition coefficient (Wildman–Crippen LogP) is 3.23. The van der Waals surface area contributed by atoms with Gasteiger partial charge in [-0.1, -0.05) is 43.5 Å². The molecule has 0 aliphatic carbocycles. The summed E-state index contributed by atoms with van der Waals surface area (Å²) < 4.78 is 5.28. The standard InChI is InChI=1S/C27H40N4O5/c1-9-11-19(5)29-24(33)23(20-13-12-17(3)16-18(20)4)31(10-2)25(34)21(14-15-22(28)32)30-26(35)36-27(6,7)8/h2,12-13,16,19,21,23H,9,11,14-15H2,1,3-8H3,(H2,28,32)(H,29,33)(H,30,35). The summed E-state index contributed by atoms with van der Waals surface area (Å²) in [5, 5.41) is 5.42. The fourth-order valence-corrected chi connectivity index (χ4v) is 3.78. The van der Waals surface area contributed by atoms with Gasteiger partial charge in [-0.05, 0) is 65.5 Å². The van der Waals surface area contributed by atoms with Crippen LogP contribution in [0.4, 0.5) is 4.79 Å². The van der Waals surface area contributed by atoms with Gasteiger partial charge in [0.1, 0.15) is 17.7 Å². The van der Waals surface area contributed by atoms with Crippen LogP contribution in [0.15, 0.2) is 18.2 Å². The van der Waals surface area contributed by atoms with Gasteiger partial charge in [0.25, 0.3) is 5.91 Å². The van der Waals surface area contributed by atoms with Crippen molar-refractivity contribution in [2.45, 2.75) is 97.9 Å². The van der Waals surface area contributed by atoms with Crippen molar-refractivity contribution in [3.05, 3.63) is 34.9 Å². The first kappa shape index (κ1) is 30.5. The van der Waals surface area contributed by atoms with Crippen molar-refractivity contribution in [2.24, 2.45) is 5.73 Å². The van der Waals surface area contributed by atoms with Crippen molar-refractivity contribution in [1.82, 2.24) is 15.5 Å². The summed E-state index contributed by atoms with van der Waals surface area (Å²) in [5.74, 6) is -1.82. The molecule has 0 bridgehead atoms. The lowest BCUT2D eigenvalue weighted by atomic mass is 9.96. The van der Waals surface area contributed by atoms with E-state index in [-0.39, 0.29) is 18.9 Å². The van der Waals surface area contributed by atoms with Crippen LogP contribution in [0, 0.1) is 26.3 Å². The summed E-state index contributed by atoms with van der Waals surface area (Å²) in [7, 11) is 0. The van der Waals surface area contributed by atoms with Crippen LogP contribution in [-0.2, 0) is 19.1 Å². The highest BCUT2D eigenvalue weighted by atomic mass is 16.6. The number of ether oxygens (including phenoxy) is 1. The molecule has 36 heavy (non-hydrogen) atoms. The van der Waals surface area contributed by atoms with Crippen molar-refractivity contribution in [2.75, 3.05) is 0 Å². The topological polar surface area (TPSA) is 131 Å². The Balaban J connectivity index is 3.46. The fourth-order valence-electron chi connectivity index (χ4n) is 3.78. The first-order chi connectivity index (χ1) is 16.7. The number of nitrogens with one attached hydrogen (secondary N) is 2. The molecular weight excluding hydrogens is 460 g/mol. The number of carbonyl (C=O) groups is 4. The maximum Gasteiger partial charge on any atom is 0.408 e. The average molecular weight is 501 g/mol. The third-order valence-corrected chi connectivity index (χ3v) is 5.38. The second kappa shape index (κ2) is 13.5. The van der Waals surface area contributed by atoms with Crippen molar-refractivity contribution >= 4 is 23.8 Å². The largest absolute Gasteiger partial charge is 0.444 e. The van der Waals surface area contributed by atoms with Crippen LogP contribution >= 0.6 is 0 Å². The normalized spacial score (nSPS) is 13.5. The van der Waals surface area contributed by atoms with Crippen molar-refractivity contribution in [3.63, 3.8) is 0 Å². The third kappa shape index (κ3) is 9.61. The Labute approximate surface area is 214 Å². The van der Waals surface area contributed by atoms with E-state index in [4.69, 9.17) is 16.9 Å². The number of carbonyl (C=O) groups excluding carboxylic acids is 4. The maximum absolute atomic E-state index is 13.7. The Kier molecular flexibility index (Phi) is 11.5. The van der Waals surface area contributed by atoms with Crippen molar-refractivity contribution in [1.29, 1.82) is 0 Å². The third-order valence-electron chi connectivity index (χ3n) is 5.38. The highest BCUT2D eigenvalue weighted by molar-refractivity contribution is 5.93. The molecule has 0 saturated heterocycles. The van der Waals surface area contributed by atoms with Gasteiger partial charge in [-0.15, -0.1) is 0 Å². The molecule has 0 fully saturated rings. The monoisotopic (exact) mass is 500 g/mol. The Morgan fingerprint density at radius 2 is 1.78 bits per heavy atom. The van der Waals surface area contributed by atoms with Gasteiger partial charge in [-0.25, -0.2) is 4.79 Å². The number of terminal acetylenes is 1. The zero-order valence-electron chi connectivity index (χ0n) is 22.4. The van der Waals surface area contributed by atoms with Gasteiger partial charge in [0.2, 0.25) is 11.8 Å². The molecule has 1 rings (SSSR count). The number of primary amides is 1. The molecule has 0 spiro atoms. The van der Waals surface area contributed by atoms with Crippen LogP contribution in [0.2, 0.25) is 0 Å². The number of rotatable bonds is 11. The molecule has 0 aliphatic rings. The number of benzene rings is 1. The van der Waals surface area contributed by atoms with Gasteiger partial charge in [0.15, 0.2) is 0 Å². The van der Waals surface area contributed by atoms with E-state index in [1.807, 2.05) is 39.8 Å². The van der Waals surface area contributed by atoms with Crippen molar-refractivity contribution in [3.8, 4) is 12.5 Å². The first-order valence-corrected chi connectivity index (χ1v) is 12.1. The van der Waals surface area contributed by atoms with E-state index in [0.717, 1.165) is 28.9 Å². The summed E-state index contributed by atoms with van der Waals surface area (Å²) in [6, 6.07) is 5.29. The molecule has 0 saturated carbocycles. The summed E-state index contributed by atoms with van der Waals surface area (Å²) in [5.41, 5.74) is 6.79. The van der Waals surface area contributed by atoms with Gasteiger partial charge in [0, 0.05) is 18.5 Å². The number of nitrogens with zero attached hydrogens (tertiary/aromatic N) is 1. The Hall–Kier alpha value is -3.54. The van der Waals surface area contributed by atoms with Crippen LogP contribution in [-0.4, -0.2) is 46.4 Å². The SMILES string of the molecule is C#CN(C(=O)C(CCC(N)=O)NC(=O)OC(C)(C)C)C(C(=O)NC(C)CCC)c1ccc(C)cc1C. The second-order valence-corrected chi connectivity index (χ2v) is 10.0. The molecule has 4 N–H and O–H groups in total. The van der Waals surface area contributed by atoms with E-state index in [2.05, 4.69) is 16.7 Å². The summed E-state index contributed by atoms with van der Waals surface area (Å²) in [4.78, 5) is 52.0. The molecule has 3 atom stereocenters. The van der Waals surface area contributed by atoms with Gasteiger partial charge >= 0.3 is 6.09 Å². The molecule has 3 unspecified atom stereocenters. The summed E-state index contributed by atoms with van der Waals surface area (Å²) >= 11 is 0. The summed E-state index contributed by atoms with van der Waals surface area (Å²) in [6.07, 6.45) is 6.25. The van der Waals surface area contributed by atoms with Crippen LogP contribution in [0.25, 0.3) is 0 Å². The van der Waals surface area contributed by atoms with Crippen LogP contribution in [0.1, 0.15) is 83.0 Å². The molecule has 9 nitrogen and oxygen atoms in total. The van der Waals surface area contributed by atoms with Gasteiger partial charge in [0.05, 0.1) is 0 Å². The van der Waals surface area contributed by atoms with E-state index in [1.165, 1.54) is 0 Å². The molecular formula is C27H40N4O5. The van der Waals surface area contributed by atoms with Crippen LogP contribution < -0.4 is 16.4 Å². The van der Waals surface area contributed by atoms with E-state index < -0.39 is 41.5 Å². The lowest BCUT2D eigenvalue weighted by Gasteiger charge is -2.31. The van der Waals surface area contributed by atoms with Crippen LogP contribution in [0.3, 0.4) is 0 Å². The first-order valence-electron chi connectivity index (χ1n) is 12.1. The van der Waals surface area contributed by atoms with E-state index in [1.54, 1.807) is 26.8 Å². The molecule has 198 valence electrons. The molecule has 0 heterocycles. The number of hydrogen-bond donors (Lipinski definition) is 3. The smallest absolute Gasteiger partial charge is 0.408 e. The summed E-state index contributed by atoms with van der Waals surface area (Å²) in [6.45, 7) is 12.7. The molecule has 4 amide bonds. The maximum atomic E-state index is 13.7.